The van der Waals surface area contributed by atoms with Gasteiger partial charge < -0.3 is 14.7 Å². The van der Waals surface area contributed by atoms with Crippen molar-refractivity contribution in [3.63, 3.8) is 0 Å². The molecule has 2 saturated heterocycles. The number of nitrogens with zero attached hydrogens (tertiary/aromatic N) is 7. The third kappa shape index (κ3) is 3.42. The second-order valence-electron chi connectivity index (χ2n) is 7.24. The Hall–Kier alpha value is -2.67. The molecule has 0 atom stereocenters. The van der Waals surface area contributed by atoms with Crippen LogP contribution in [0.15, 0.2) is 36.7 Å². The molecule has 5 rings (SSSR count). The van der Waals surface area contributed by atoms with Crippen LogP contribution < -0.4 is 14.7 Å². The summed E-state index contributed by atoms with van der Waals surface area (Å²) in [6.45, 7) is 5.65. The quantitative estimate of drug-likeness (QED) is 0.675. The highest BCUT2D eigenvalue weighted by Crippen LogP contribution is 2.23. The molecular formula is C20H22ClN7. The molecule has 0 radical (unpaired) electrons. The van der Waals surface area contributed by atoms with E-state index in [0.29, 0.717) is 5.02 Å². The van der Waals surface area contributed by atoms with Gasteiger partial charge in [0.2, 0.25) is 5.95 Å². The van der Waals surface area contributed by atoms with E-state index in [4.69, 9.17) is 21.6 Å². The van der Waals surface area contributed by atoms with Gasteiger partial charge in [-0.15, -0.1) is 0 Å². The van der Waals surface area contributed by atoms with Crippen LogP contribution in [0.3, 0.4) is 0 Å². The maximum atomic E-state index is 6.04. The van der Waals surface area contributed by atoms with Crippen molar-refractivity contribution in [1.29, 1.82) is 0 Å². The Kier molecular flexibility index (Phi) is 4.60. The Labute approximate surface area is 169 Å². The van der Waals surface area contributed by atoms with Crippen molar-refractivity contribution in [3.05, 3.63) is 41.7 Å². The Bertz CT molecular complexity index is 981. The smallest absolute Gasteiger partial charge is 0.227 e. The fourth-order valence-corrected chi connectivity index (χ4v) is 4.04. The molecular weight excluding hydrogens is 374 g/mol. The van der Waals surface area contributed by atoms with E-state index in [-0.39, 0.29) is 0 Å². The Morgan fingerprint density at radius 2 is 1.46 bits per heavy atom. The van der Waals surface area contributed by atoms with Gasteiger partial charge in [0.1, 0.15) is 11.6 Å². The number of anilines is 3. The fourth-order valence-electron chi connectivity index (χ4n) is 3.88. The lowest BCUT2D eigenvalue weighted by Crippen LogP contribution is -2.47. The van der Waals surface area contributed by atoms with E-state index in [9.17, 15) is 0 Å². The minimum atomic E-state index is 0.680. The van der Waals surface area contributed by atoms with Crippen molar-refractivity contribution in [2.45, 2.75) is 12.8 Å². The van der Waals surface area contributed by atoms with Gasteiger partial charge in [-0.2, -0.15) is 4.98 Å². The van der Waals surface area contributed by atoms with Gasteiger partial charge in [-0.05, 0) is 37.1 Å². The van der Waals surface area contributed by atoms with Gasteiger partial charge >= 0.3 is 0 Å². The van der Waals surface area contributed by atoms with Crippen molar-refractivity contribution >= 4 is 40.2 Å². The van der Waals surface area contributed by atoms with Crippen molar-refractivity contribution in [2.75, 3.05) is 54.0 Å². The standard InChI is InChI=1S/C20H22ClN7/c21-15-3-4-16-17(13-15)23-14-19(24-16)27-9-11-28(12-10-27)20-22-6-5-18(25-20)26-7-1-2-8-26/h3-6,13-14H,1-2,7-12H2. The van der Waals surface area contributed by atoms with Gasteiger partial charge in [0.15, 0.2) is 0 Å². The molecule has 0 amide bonds. The van der Waals surface area contributed by atoms with E-state index < -0.39 is 0 Å². The van der Waals surface area contributed by atoms with Crippen LogP contribution in [0.2, 0.25) is 5.02 Å². The highest BCUT2D eigenvalue weighted by Gasteiger charge is 2.22. The molecule has 2 aliphatic heterocycles. The second kappa shape index (κ2) is 7.39. The first-order chi connectivity index (χ1) is 13.8. The lowest BCUT2D eigenvalue weighted by atomic mass is 10.3. The molecule has 8 heteroatoms. The number of rotatable bonds is 3. The van der Waals surface area contributed by atoms with Gasteiger partial charge in [-0.3, -0.25) is 4.98 Å². The lowest BCUT2D eigenvalue weighted by molar-refractivity contribution is 0.634. The average molecular weight is 396 g/mol. The van der Waals surface area contributed by atoms with Gasteiger partial charge in [0.05, 0.1) is 17.2 Å². The molecule has 144 valence electrons. The normalized spacial score (nSPS) is 17.5. The molecule has 0 spiro atoms. The fraction of sp³-hybridized carbons (Fsp3) is 0.400. The van der Waals surface area contributed by atoms with E-state index in [2.05, 4.69) is 24.7 Å². The monoisotopic (exact) mass is 395 g/mol. The van der Waals surface area contributed by atoms with Crippen LogP contribution >= 0.6 is 11.6 Å². The van der Waals surface area contributed by atoms with Gasteiger partial charge in [-0.25, -0.2) is 9.97 Å². The number of hydrogen-bond donors (Lipinski definition) is 0. The predicted octanol–water partition coefficient (Wildman–Crippen LogP) is 3.00. The van der Waals surface area contributed by atoms with Crippen LogP contribution in [0.25, 0.3) is 11.0 Å². The van der Waals surface area contributed by atoms with E-state index in [1.807, 2.05) is 36.7 Å². The Morgan fingerprint density at radius 3 is 2.29 bits per heavy atom. The summed E-state index contributed by atoms with van der Waals surface area (Å²) in [4.78, 5) is 25.5. The molecule has 28 heavy (non-hydrogen) atoms. The maximum Gasteiger partial charge on any atom is 0.227 e. The van der Waals surface area contributed by atoms with Crippen molar-refractivity contribution in [3.8, 4) is 0 Å². The second-order valence-corrected chi connectivity index (χ2v) is 7.68. The number of hydrogen-bond acceptors (Lipinski definition) is 7. The average Bonchev–Trinajstić information content (AvgIpc) is 3.29. The summed E-state index contributed by atoms with van der Waals surface area (Å²) < 4.78 is 0. The molecule has 2 fully saturated rings. The summed E-state index contributed by atoms with van der Waals surface area (Å²) in [5.41, 5.74) is 1.69. The number of piperazine rings is 1. The van der Waals surface area contributed by atoms with Crippen LogP contribution in [-0.2, 0) is 0 Å². The minimum absolute atomic E-state index is 0.680. The molecule has 1 aromatic carbocycles. The number of aromatic nitrogens is 4. The number of halogens is 1. The molecule has 2 aromatic heterocycles. The van der Waals surface area contributed by atoms with Crippen LogP contribution in [-0.4, -0.2) is 59.2 Å². The third-order valence-corrected chi connectivity index (χ3v) is 5.67. The molecule has 0 aliphatic carbocycles. The highest BCUT2D eigenvalue weighted by atomic mass is 35.5. The van der Waals surface area contributed by atoms with E-state index in [0.717, 1.165) is 67.9 Å². The summed E-state index contributed by atoms with van der Waals surface area (Å²) in [6.07, 6.45) is 6.20. The Balaban J connectivity index is 1.28. The van der Waals surface area contributed by atoms with E-state index in [1.165, 1.54) is 12.8 Å². The molecule has 3 aromatic rings. The van der Waals surface area contributed by atoms with Crippen LogP contribution in [0.1, 0.15) is 12.8 Å². The topological polar surface area (TPSA) is 61.3 Å². The molecule has 2 aliphatic rings. The molecule has 7 nitrogen and oxygen atoms in total. The summed E-state index contributed by atoms with van der Waals surface area (Å²) in [6, 6.07) is 7.63. The van der Waals surface area contributed by atoms with E-state index in [1.54, 1.807) is 0 Å². The van der Waals surface area contributed by atoms with Crippen molar-refractivity contribution in [2.24, 2.45) is 0 Å². The van der Waals surface area contributed by atoms with Crippen LogP contribution in [0.4, 0.5) is 17.6 Å². The predicted molar refractivity (Wildman–Crippen MR) is 112 cm³/mol. The number of fused-ring (bicyclic) bond motifs is 1. The van der Waals surface area contributed by atoms with Crippen LogP contribution in [0.5, 0.6) is 0 Å². The first-order valence-electron chi connectivity index (χ1n) is 9.76. The minimum Gasteiger partial charge on any atom is -0.356 e. The first kappa shape index (κ1) is 17.4. The summed E-state index contributed by atoms with van der Waals surface area (Å²) in [5.74, 6) is 2.77. The van der Waals surface area contributed by atoms with Crippen LogP contribution in [0, 0.1) is 0 Å². The van der Waals surface area contributed by atoms with E-state index >= 15 is 0 Å². The molecule has 0 saturated carbocycles. The zero-order valence-electron chi connectivity index (χ0n) is 15.6. The first-order valence-corrected chi connectivity index (χ1v) is 10.1. The SMILES string of the molecule is Clc1ccc2nc(N3CCN(c4nccc(N5CCCC5)n4)CC3)cnc2c1. The van der Waals surface area contributed by atoms with Gasteiger partial charge in [-0.1, -0.05) is 11.6 Å². The van der Waals surface area contributed by atoms with Gasteiger partial charge in [0.25, 0.3) is 0 Å². The molecule has 0 bridgehead atoms. The Morgan fingerprint density at radius 1 is 0.714 bits per heavy atom. The zero-order valence-corrected chi connectivity index (χ0v) is 16.4. The zero-order chi connectivity index (χ0) is 18.9. The lowest BCUT2D eigenvalue weighted by Gasteiger charge is -2.35. The third-order valence-electron chi connectivity index (χ3n) is 5.44. The molecule has 0 N–H and O–H groups in total. The summed E-state index contributed by atoms with van der Waals surface area (Å²) in [7, 11) is 0. The highest BCUT2D eigenvalue weighted by molar-refractivity contribution is 6.31. The largest absolute Gasteiger partial charge is 0.356 e. The summed E-state index contributed by atoms with van der Waals surface area (Å²) >= 11 is 6.04. The molecule has 0 unspecified atom stereocenters. The molecule has 4 heterocycles. The summed E-state index contributed by atoms with van der Waals surface area (Å²) in [5, 5.41) is 0.680. The maximum absolute atomic E-state index is 6.04. The number of benzene rings is 1. The van der Waals surface area contributed by atoms with Crippen molar-refractivity contribution in [1.82, 2.24) is 19.9 Å². The van der Waals surface area contributed by atoms with Crippen molar-refractivity contribution < 1.29 is 0 Å². The van der Waals surface area contributed by atoms with Gasteiger partial charge in [0, 0.05) is 50.5 Å².